The van der Waals surface area contributed by atoms with Crippen molar-refractivity contribution in [1.82, 2.24) is 9.55 Å². The normalized spacial score (nSPS) is 15.9. The van der Waals surface area contributed by atoms with Gasteiger partial charge < -0.3 is 9.88 Å². The van der Waals surface area contributed by atoms with Gasteiger partial charge in [0.15, 0.2) is 5.82 Å². The largest absolute Gasteiger partial charge is 0.365 e. The summed E-state index contributed by atoms with van der Waals surface area (Å²) in [6, 6.07) is 0.382. The zero-order chi connectivity index (χ0) is 12.5. The topological polar surface area (TPSA) is 46.9 Å². The second-order valence-corrected chi connectivity index (χ2v) is 5.64. The smallest absolute Gasteiger partial charge is 0.293 e. The van der Waals surface area contributed by atoms with Gasteiger partial charge >= 0.3 is 0 Å². The fourth-order valence-corrected chi connectivity index (χ4v) is 1.65. The van der Waals surface area contributed by atoms with Gasteiger partial charge in [-0.15, -0.1) is 11.6 Å². The molecule has 1 aromatic heterocycles. The van der Waals surface area contributed by atoms with Gasteiger partial charge in [-0.25, -0.2) is 4.98 Å². The van der Waals surface area contributed by atoms with Gasteiger partial charge in [-0.2, -0.15) is 0 Å². The van der Waals surface area contributed by atoms with E-state index in [0.29, 0.717) is 24.3 Å². The molecule has 0 atom stereocenters. The lowest BCUT2D eigenvalue weighted by Gasteiger charge is -2.21. The van der Waals surface area contributed by atoms with Gasteiger partial charge in [0.25, 0.3) is 5.56 Å². The van der Waals surface area contributed by atoms with E-state index in [-0.39, 0.29) is 11.0 Å². The Labute approximate surface area is 106 Å². The third kappa shape index (κ3) is 3.00. The van der Waals surface area contributed by atoms with E-state index in [1.807, 2.05) is 0 Å². The molecule has 1 N–H and O–H groups in total. The van der Waals surface area contributed by atoms with E-state index in [1.54, 1.807) is 17.0 Å². The van der Waals surface area contributed by atoms with Crippen molar-refractivity contribution in [3.8, 4) is 0 Å². The molecule has 1 aromatic rings. The molecule has 2 rings (SSSR count). The molecule has 0 amide bonds. The van der Waals surface area contributed by atoms with Gasteiger partial charge in [0, 0.05) is 30.9 Å². The molecule has 17 heavy (non-hydrogen) atoms. The van der Waals surface area contributed by atoms with E-state index in [0.717, 1.165) is 12.8 Å². The van der Waals surface area contributed by atoms with Crippen molar-refractivity contribution >= 4 is 17.4 Å². The third-order valence-electron chi connectivity index (χ3n) is 2.90. The quantitative estimate of drug-likeness (QED) is 0.821. The first-order valence-corrected chi connectivity index (χ1v) is 6.44. The molecule has 1 saturated carbocycles. The Hall–Kier alpha value is -1.03. The first kappa shape index (κ1) is 12.4. The number of rotatable bonds is 5. The van der Waals surface area contributed by atoms with Crippen molar-refractivity contribution in [3.63, 3.8) is 0 Å². The highest BCUT2D eigenvalue weighted by Crippen LogP contribution is 2.33. The molecule has 0 aromatic carbocycles. The van der Waals surface area contributed by atoms with Crippen LogP contribution in [0.25, 0.3) is 0 Å². The van der Waals surface area contributed by atoms with Gasteiger partial charge in [0.05, 0.1) is 0 Å². The number of anilines is 1. The average molecular weight is 256 g/mol. The van der Waals surface area contributed by atoms with Crippen LogP contribution in [0.1, 0.15) is 32.7 Å². The second kappa shape index (κ2) is 4.69. The minimum absolute atomic E-state index is 0.0274. The van der Waals surface area contributed by atoms with Crippen molar-refractivity contribution in [3.05, 3.63) is 22.7 Å². The molecule has 0 unspecified atom stereocenters. The first-order chi connectivity index (χ1) is 8.03. The molecule has 0 saturated heterocycles. The van der Waals surface area contributed by atoms with Crippen LogP contribution in [-0.2, 0) is 0 Å². The monoisotopic (exact) mass is 255 g/mol. The first-order valence-electron chi connectivity index (χ1n) is 5.90. The maximum absolute atomic E-state index is 12.1. The summed E-state index contributed by atoms with van der Waals surface area (Å²) in [6.07, 6.45) is 5.63. The SMILES string of the molecule is CC(C)(CCl)CNc1nccn(C2CC2)c1=O. The molecule has 0 aliphatic heterocycles. The number of hydrogen-bond acceptors (Lipinski definition) is 3. The van der Waals surface area contributed by atoms with Gasteiger partial charge in [0.2, 0.25) is 0 Å². The minimum Gasteiger partial charge on any atom is -0.365 e. The van der Waals surface area contributed by atoms with Crippen LogP contribution in [0, 0.1) is 5.41 Å². The summed E-state index contributed by atoms with van der Waals surface area (Å²) in [5.74, 6) is 0.974. The molecule has 4 nitrogen and oxygen atoms in total. The lowest BCUT2D eigenvalue weighted by molar-refractivity contribution is 0.449. The van der Waals surface area contributed by atoms with E-state index in [2.05, 4.69) is 24.1 Å². The van der Waals surface area contributed by atoms with E-state index in [4.69, 9.17) is 11.6 Å². The molecule has 1 aliphatic rings. The Morgan fingerprint density at radius 1 is 1.59 bits per heavy atom. The van der Waals surface area contributed by atoms with Gasteiger partial charge in [-0.05, 0) is 18.3 Å². The zero-order valence-corrected chi connectivity index (χ0v) is 11.0. The highest BCUT2D eigenvalue weighted by atomic mass is 35.5. The summed E-state index contributed by atoms with van der Waals surface area (Å²) in [7, 11) is 0. The van der Waals surface area contributed by atoms with E-state index in [1.165, 1.54) is 0 Å². The summed E-state index contributed by atoms with van der Waals surface area (Å²) in [4.78, 5) is 16.2. The van der Waals surface area contributed by atoms with E-state index < -0.39 is 0 Å². The predicted molar refractivity (Wildman–Crippen MR) is 69.8 cm³/mol. The number of aromatic nitrogens is 2. The average Bonchev–Trinajstić information content (AvgIpc) is 3.12. The molecule has 5 heteroatoms. The predicted octanol–water partition coefficient (Wildman–Crippen LogP) is 2.26. The van der Waals surface area contributed by atoms with Crippen LogP contribution in [0.3, 0.4) is 0 Å². The van der Waals surface area contributed by atoms with Crippen LogP contribution in [0.5, 0.6) is 0 Å². The Morgan fingerprint density at radius 3 is 2.88 bits per heavy atom. The van der Waals surface area contributed by atoms with Gasteiger partial charge in [-0.1, -0.05) is 13.8 Å². The van der Waals surface area contributed by atoms with Crippen LogP contribution in [0.4, 0.5) is 5.82 Å². The van der Waals surface area contributed by atoms with Crippen LogP contribution in [-0.4, -0.2) is 22.0 Å². The number of alkyl halides is 1. The number of nitrogens with zero attached hydrogens (tertiary/aromatic N) is 2. The number of halogens is 1. The van der Waals surface area contributed by atoms with Crippen LogP contribution >= 0.6 is 11.6 Å². The van der Waals surface area contributed by atoms with Crippen molar-refractivity contribution in [1.29, 1.82) is 0 Å². The van der Waals surface area contributed by atoms with Crippen LogP contribution in [0.2, 0.25) is 0 Å². The summed E-state index contributed by atoms with van der Waals surface area (Å²) < 4.78 is 1.77. The van der Waals surface area contributed by atoms with Crippen LogP contribution < -0.4 is 10.9 Å². The fourth-order valence-electron chi connectivity index (χ4n) is 1.56. The summed E-state index contributed by atoms with van der Waals surface area (Å²) in [5.41, 5.74) is -0.0731. The maximum Gasteiger partial charge on any atom is 0.293 e. The maximum atomic E-state index is 12.1. The van der Waals surface area contributed by atoms with Crippen molar-refractivity contribution in [2.45, 2.75) is 32.7 Å². The summed E-state index contributed by atoms with van der Waals surface area (Å²) in [5, 5.41) is 3.10. The zero-order valence-electron chi connectivity index (χ0n) is 10.2. The van der Waals surface area contributed by atoms with E-state index in [9.17, 15) is 4.79 Å². The van der Waals surface area contributed by atoms with Crippen molar-refractivity contribution in [2.24, 2.45) is 5.41 Å². The minimum atomic E-state index is -0.0457. The molecule has 0 bridgehead atoms. The summed E-state index contributed by atoms with van der Waals surface area (Å²) >= 11 is 5.85. The Balaban J connectivity index is 2.11. The second-order valence-electron chi connectivity index (χ2n) is 5.37. The summed E-state index contributed by atoms with van der Waals surface area (Å²) in [6.45, 7) is 4.75. The molecule has 0 spiro atoms. The molecule has 1 aliphatic carbocycles. The van der Waals surface area contributed by atoms with Crippen molar-refractivity contribution < 1.29 is 0 Å². The van der Waals surface area contributed by atoms with Crippen molar-refractivity contribution in [2.75, 3.05) is 17.7 Å². The molecule has 1 heterocycles. The van der Waals surface area contributed by atoms with E-state index >= 15 is 0 Å². The highest BCUT2D eigenvalue weighted by Gasteiger charge is 2.25. The number of nitrogens with one attached hydrogen (secondary N) is 1. The van der Waals surface area contributed by atoms with Crippen LogP contribution in [0.15, 0.2) is 17.2 Å². The highest BCUT2D eigenvalue weighted by molar-refractivity contribution is 6.18. The van der Waals surface area contributed by atoms with Gasteiger partial charge in [-0.3, -0.25) is 4.79 Å². The fraction of sp³-hybridized carbons (Fsp3) is 0.667. The number of hydrogen-bond donors (Lipinski definition) is 1. The molecule has 0 radical (unpaired) electrons. The Bertz CT molecular complexity index is 451. The molecular formula is C12H18ClN3O. The lowest BCUT2D eigenvalue weighted by atomic mass is 9.97. The molecule has 94 valence electrons. The third-order valence-corrected chi connectivity index (χ3v) is 3.63. The lowest BCUT2D eigenvalue weighted by Crippen LogP contribution is -2.30. The molecule has 1 fully saturated rings. The standard InChI is InChI=1S/C12H18ClN3O/c1-12(2,7-13)8-15-10-11(17)16(6-5-14-10)9-3-4-9/h5-6,9H,3-4,7-8H2,1-2H3,(H,14,15). The molecular weight excluding hydrogens is 238 g/mol. The Kier molecular flexibility index (Phi) is 3.43. The Morgan fingerprint density at radius 2 is 2.29 bits per heavy atom. The van der Waals surface area contributed by atoms with Gasteiger partial charge in [0.1, 0.15) is 0 Å².